The van der Waals surface area contributed by atoms with Crippen molar-refractivity contribution in [2.45, 2.75) is 13.2 Å². The lowest BCUT2D eigenvalue weighted by atomic mass is 10.2. The Morgan fingerprint density at radius 3 is 2.66 bits per heavy atom. The van der Waals surface area contributed by atoms with E-state index in [4.69, 9.17) is 32.7 Å². The molecule has 0 aliphatic carbocycles. The number of carbonyl (C=O) groups is 2. The van der Waals surface area contributed by atoms with Crippen LogP contribution in [0.5, 0.6) is 0 Å². The predicted molar refractivity (Wildman–Crippen MR) is 121 cm³/mol. The van der Waals surface area contributed by atoms with E-state index in [1.165, 1.54) is 17.7 Å². The summed E-state index contributed by atoms with van der Waals surface area (Å²) in [5, 5.41) is 2.66. The summed E-state index contributed by atoms with van der Waals surface area (Å²) < 4.78 is 12.0. The Balaban J connectivity index is 1.31. The van der Waals surface area contributed by atoms with E-state index in [1.807, 2.05) is 30.3 Å². The molecule has 0 saturated carbocycles. The van der Waals surface area contributed by atoms with E-state index in [9.17, 15) is 9.59 Å². The molecule has 1 aromatic carbocycles. The Labute approximate surface area is 198 Å². The summed E-state index contributed by atoms with van der Waals surface area (Å²) in [6.45, 7) is 1.23. The van der Waals surface area contributed by atoms with Crippen molar-refractivity contribution in [2.24, 2.45) is 0 Å². The van der Waals surface area contributed by atoms with Crippen molar-refractivity contribution in [1.82, 2.24) is 25.4 Å². The molecule has 3 rings (SSSR count). The Kier molecular flexibility index (Phi) is 9.05. The number of hydrogen-bond donors (Lipinski definition) is 2. The Hall–Kier alpha value is -2.92. The van der Waals surface area contributed by atoms with Gasteiger partial charge in [-0.25, -0.2) is 20.2 Å². The van der Waals surface area contributed by atoms with Gasteiger partial charge in [-0.1, -0.05) is 59.6 Å². The van der Waals surface area contributed by atoms with Gasteiger partial charge in [0, 0.05) is 5.38 Å². The SMILES string of the molecule is O=C(NNC(=O)c1csc(Cn2cnc(Cl)c2Cl)n1)OC/C=C/COCc1ccccc1. The lowest BCUT2D eigenvalue weighted by molar-refractivity contribution is 0.0911. The highest BCUT2D eigenvalue weighted by molar-refractivity contribution is 7.09. The van der Waals surface area contributed by atoms with Crippen molar-refractivity contribution in [2.75, 3.05) is 13.2 Å². The van der Waals surface area contributed by atoms with Crippen LogP contribution in [-0.2, 0) is 22.6 Å². The number of hydrogen-bond acceptors (Lipinski definition) is 7. The summed E-state index contributed by atoms with van der Waals surface area (Å²) >= 11 is 13.1. The topological polar surface area (TPSA) is 107 Å². The lowest BCUT2D eigenvalue weighted by Gasteiger charge is -2.06. The van der Waals surface area contributed by atoms with Crippen molar-refractivity contribution in [3.05, 3.63) is 80.8 Å². The first-order valence-corrected chi connectivity index (χ1v) is 11.0. The van der Waals surface area contributed by atoms with Crippen molar-refractivity contribution >= 4 is 46.5 Å². The van der Waals surface area contributed by atoms with Gasteiger partial charge in [-0.3, -0.25) is 10.2 Å². The number of benzene rings is 1. The standard InChI is InChI=1S/C20H19Cl2N5O4S/c21-17-18(22)27(13-23-17)10-16-24-15(12-32-16)19(28)25-26-20(29)31-9-5-4-8-30-11-14-6-2-1-3-7-14/h1-7,12-13H,8-11H2,(H,25,28)(H,26,29)/b5-4+. The fourth-order valence-corrected chi connectivity index (χ4v) is 3.45. The predicted octanol–water partition coefficient (Wildman–Crippen LogP) is 3.84. The summed E-state index contributed by atoms with van der Waals surface area (Å²) in [7, 11) is 0. The number of nitrogens with one attached hydrogen (secondary N) is 2. The molecule has 12 heteroatoms. The van der Waals surface area contributed by atoms with E-state index in [0.29, 0.717) is 24.8 Å². The minimum atomic E-state index is -0.802. The molecule has 2 N–H and O–H groups in total. The number of rotatable bonds is 9. The van der Waals surface area contributed by atoms with E-state index in [1.54, 1.807) is 22.1 Å². The Morgan fingerprint density at radius 2 is 1.91 bits per heavy atom. The third kappa shape index (κ3) is 7.34. The highest BCUT2D eigenvalue weighted by Crippen LogP contribution is 2.21. The number of ether oxygens (including phenoxy) is 2. The number of thiazole rings is 1. The highest BCUT2D eigenvalue weighted by Gasteiger charge is 2.14. The van der Waals surface area contributed by atoms with Gasteiger partial charge >= 0.3 is 6.09 Å². The van der Waals surface area contributed by atoms with Crippen LogP contribution in [0, 0.1) is 0 Å². The molecule has 0 saturated heterocycles. The van der Waals surface area contributed by atoms with E-state index in [2.05, 4.69) is 20.8 Å². The number of hydrazine groups is 1. The molecule has 2 amide bonds. The molecule has 0 fully saturated rings. The average Bonchev–Trinajstić information content (AvgIpc) is 3.40. The van der Waals surface area contributed by atoms with Gasteiger partial charge in [0.2, 0.25) is 0 Å². The quantitative estimate of drug-likeness (QED) is 0.265. The van der Waals surface area contributed by atoms with Gasteiger partial charge in [-0.05, 0) is 11.6 Å². The summed E-state index contributed by atoms with van der Waals surface area (Å²) in [5.41, 5.74) is 5.62. The smallest absolute Gasteiger partial charge is 0.426 e. The van der Waals surface area contributed by atoms with Gasteiger partial charge in [-0.15, -0.1) is 11.3 Å². The first kappa shape index (κ1) is 23.7. The summed E-state index contributed by atoms with van der Waals surface area (Å²) in [6.07, 6.45) is 4.06. The minimum Gasteiger partial charge on any atom is -0.444 e. The molecule has 0 unspecified atom stereocenters. The van der Waals surface area contributed by atoms with E-state index < -0.39 is 12.0 Å². The van der Waals surface area contributed by atoms with E-state index in [-0.39, 0.29) is 22.6 Å². The number of nitrogens with zero attached hydrogens (tertiary/aromatic N) is 3. The Morgan fingerprint density at radius 1 is 1.12 bits per heavy atom. The summed E-state index contributed by atoms with van der Waals surface area (Å²) in [6, 6.07) is 9.78. The van der Waals surface area contributed by atoms with Gasteiger partial charge in [0.1, 0.15) is 22.5 Å². The van der Waals surface area contributed by atoms with Crippen LogP contribution in [0.25, 0.3) is 0 Å². The normalized spacial score (nSPS) is 10.9. The molecule has 3 aromatic rings. The average molecular weight is 496 g/mol. The molecule has 9 nitrogen and oxygen atoms in total. The fraction of sp³-hybridized carbons (Fsp3) is 0.200. The first-order valence-electron chi connectivity index (χ1n) is 9.33. The van der Waals surface area contributed by atoms with Crippen LogP contribution in [0.4, 0.5) is 4.79 Å². The van der Waals surface area contributed by atoms with Gasteiger partial charge < -0.3 is 14.0 Å². The molecule has 0 radical (unpaired) electrons. The zero-order chi connectivity index (χ0) is 22.8. The second kappa shape index (κ2) is 12.2. The number of aromatic nitrogens is 3. The second-order valence-electron chi connectivity index (χ2n) is 6.23. The molecule has 0 aliphatic heterocycles. The molecule has 168 valence electrons. The van der Waals surface area contributed by atoms with Crippen LogP contribution >= 0.6 is 34.5 Å². The summed E-state index contributed by atoms with van der Waals surface area (Å²) in [5.74, 6) is -0.580. The van der Waals surface area contributed by atoms with Crippen LogP contribution < -0.4 is 10.9 Å². The molecule has 0 spiro atoms. The second-order valence-corrected chi connectivity index (χ2v) is 7.89. The number of carbonyl (C=O) groups excluding carboxylic acids is 2. The fourth-order valence-electron chi connectivity index (χ4n) is 2.37. The van der Waals surface area contributed by atoms with Crippen LogP contribution in [0.2, 0.25) is 10.3 Å². The molecule has 2 heterocycles. The molecular weight excluding hydrogens is 477 g/mol. The molecule has 32 heavy (non-hydrogen) atoms. The molecular formula is C20H19Cl2N5O4S. The van der Waals surface area contributed by atoms with Gasteiger partial charge in [-0.2, -0.15) is 0 Å². The Bertz CT molecular complexity index is 1070. The summed E-state index contributed by atoms with van der Waals surface area (Å²) in [4.78, 5) is 31.9. The zero-order valence-electron chi connectivity index (χ0n) is 16.7. The van der Waals surface area contributed by atoms with Gasteiger partial charge in [0.15, 0.2) is 5.15 Å². The number of amides is 2. The number of halogens is 2. The maximum Gasteiger partial charge on any atom is 0.426 e. The maximum absolute atomic E-state index is 12.1. The molecule has 0 aliphatic rings. The van der Waals surface area contributed by atoms with Crippen LogP contribution in [0.3, 0.4) is 0 Å². The lowest BCUT2D eigenvalue weighted by Crippen LogP contribution is -2.42. The third-order valence-electron chi connectivity index (χ3n) is 3.90. The number of imidazole rings is 1. The van der Waals surface area contributed by atoms with Crippen molar-refractivity contribution < 1.29 is 19.1 Å². The van der Waals surface area contributed by atoms with Gasteiger partial charge in [0.05, 0.1) is 26.1 Å². The first-order chi connectivity index (χ1) is 15.5. The molecule has 0 bridgehead atoms. The van der Waals surface area contributed by atoms with Crippen molar-refractivity contribution in [3.8, 4) is 0 Å². The van der Waals surface area contributed by atoms with Crippen molar-refractivity contribution in [1.29, 1.82) is 0 Å². The van der Waals surface area contributed by atoms with E-state index >= 15 is 0 Å². The third-order valence-corrected chi connectivity index (χ3v) is 5.51. The minimum absolute atomic E-state index is 0.0332. The molecule has 0 atom stereocenters. The highest BCUT2D eigenvalue weighted by atomic mass is 35.5. The van der Waals surface area contributed by atoms with Crippen molar-refractivity contribution in [3.63, 3.8) is 0 Å². The van der Waals surface area contributed by atoms with Gasteiger partial charge in [0.25, 0.3) is 5.91 Å². The van der Waals surface area contributed by atoms with Crippen LogP contribution in [-0.4, -0.2) is 39.7 Å². The van der Waals surface area contributed by atoms with E-state index in [0.717, 1.165) is 5.56 Å². The van der Waals surface area contributed by atoms with Crippen LogP contribution in [0.1, 0.15) is 21.1 Å². The maximum atomic E-state index is 12.1. The molecule has 2 aromatic heterocycles. The zero-order valence-corrected chi connectivity index (χ0v) is 19.0. The van der Waals surface area contributed by atoms with Crippen LogP contribution in [0.15, 0.2) is 54.2 Å². The largest absolute Gasteiger partial charge is 0.444 e. The monoisotopic (exact) mass is 495 g/mol.